The van der Waals surface area contributed by atoms with Gasteiger partial charge in [0.05, 0.1) is 0 Å². The Morgan fingerprint density at radius 1 is 1.50 bits per heavy atom. The van der Waals surface area contributed by atoms with E-state index in [1.165, 1.54) is 14.2 Å². The van der Waals surface area contributed by atoms with Gasteiger partial charge in [-0.3, -0.25) is 4.57 Å². The summed E-state index contributed by atoms with van der Waals surface area (Å²) in [4.78, 5) is 0. The van der Waals surface area contributed by atoms with Crippen LogP contribution in [0.2, 0.25) is 0 Å². The fraction of sp³-hybridized carbons (Fsp3) is 0.667. The summed E-state index contributed by atoms with van der Waals surface area (Å²) in [5.41, 5.74) is 0. The monoisotopic (exact) mass is 164 g/mol. The van der Waals surface area contributed by atoms with Crippen LogP contribution in [0.4, 0.5) is 0 Å². The number of hydrogen-bond donors (Lipinski definition) is 0. The molecule has 0 bridgehead atoms. The molecule has 60 valence electrons. The van der Waals surface area contributed by atoms with E-state index in [1.54, 1.807) is 0 Å². The first-order valence-electron chi connectivity index (χ1n) is 3.00. The third-order valence-electron chi connectivity index (χ3n) is 1.28. The second-order valence-electron chi connectivity index (χ2n) is 1.78. The van der Waals surface area contributed by atoms with E-state index in [0.29, 0.717) is 11.7 Å². The molecule has 0 fully saturated rings. The van der Waals surface area contributed by atoms with E-state index in [1.807, 2.05) is 6.92 Å². The SMILES string of the molecule is C=C(CC)P(=O)(OC)OC. The van der Waals surface area contributed by atoms with E-state index in [-0.39, 0.29) is 0 Å². The molecule has 0 spiro atoms. The quantitative estimate of drug-likeness (QED) is 0.598. The van der Waals surface area contributed by atoms with Crippen LogP contribution in [-0.2, 0) is 13.6 Å². The second kappa shape index (κ2) is 3.91. The molecular formula is C6H13O3P. The van der Waals surface area contributed by atoms with E-state index in [9.17, 15) is 4.57 Å². The second-order valence-corrected chi connectivity index (χ2v) is 4.14. The maximum Gasteiger partial charge on any atom is 0.356 e. The van der Waals surface area contributed by atoms with Crippen LogP contribution in [0, 0.1) is 0 Å². The van der Waals surface area contributed by atoms with Crippen LogP contribution in [0.15, 0.2) is 11.9 Å². The first kappa shape index (κ1) is 9.89. The molecule has 0 rings (SSSR count). The molecule has 10 heavy (non-hydrogen) atoms. The lowest BCUT2D eigenvalue weighted by Gasteiger charge is -2.13. The van der Waals surface area contributed by atoms with Gasteiger partial charge >= 0.3 is 7.60 Å². The van der Waals surface area contributed by atoms with Gasteiger partial charge in [-0.25, -0.2) is 0 Å². The lowest BCUT2D eigenvalue weighted by atomic mass is 10.5. The lowest BCUT2D eigenvalue weighted by Crippen LogP contribution is -1.90. The van der Waals surface area contributed by atoms with Gasteiger partial charge in [0.2, 0.25) is 0 Å². The Balaban J connectivity index is 4.34. The van der Waals surface area contributed by atoms with E-state index in [4.69, 9.17) is 0 Å². The van der Waals surface area contributed by atoms with Gasteiger partial charge in [-0.2, -0.15) is 0 Å². The molecule has 0 atom stereocenters. The summed E-state index contributed by atoms with van der Waals surface area (Å²) in [6, 6.07) is 0. The van der Waals surface area contributed by atoms with Crippen molar-refractivity contribution in [1.82, 2.24) is 0 Å². The average Bonchev–Trinajstić information content (AvgIpc) is 2.01. The Morgan fingerprint density at radius 3 is 2.00 bits per heavy atom. The highest BCUT2D eigenvalue weighted by Gasteiger charge is 2.23. The molecule has 0 amide bonds. The van der Waals surface area contributed by atoms with Gasteiger partial charge in [0.25, 0.3) is 0 Å². The maximum atomic E-state index is 11.3. The zero-order valence-electron chi connectivity index (χ0n) is 6.59. The topological polar surface area (TPSA) is 35.5 Å². The first-order chi connectivity index (χ1) is 4.60. The van der Waals surface area contributed by atoms with Gasteiger partial charge in [-0.05, 0) is 6.42 Å². The van der Waals surface area contributed by atoms with Crippen molar-refractivity contribution in [1.29, 1.82) is 0 Å². The Morgan fingerprint density at radius 2 is 1.90 bits per heavy atom. The molecule has 4 heteroatoms. The Bertz CT molecular complexity index is 156. The normalized spacial score (nSPS) is 11.5. The zero-order valence-corrected chi connectivity index (χ0v) is 7.48. The molecule has 0 unspecified atom stereocenters. The van der Waals surface area contributed by atoms with Gasteiger partial charge in [-0.1, -0.05) is 13.5 Å². The standard InChI is InChI=1S/C6H13O3P/c1-5-6(2)10(7,8-3)9-4/h2,5H2,1,3-4H3. The minimum atomic E-state index is -2.97. The number of allylic oxidation sites excluding steroid dienone is 1. The maximum absolute atomic E-state index is 11.3. The molecule has 3 nitrogen and oxygen atoms in total. The van der Waals surface area contributed by atoms with Crippen molar-refractivity contribution in [2.45, 2.75) is 13.3 Å². The molecule has 0 aromatic carbocycles. The molecule has 0 saturated heterocycles. The third kappa shape index (κ3) is 1.94. The van der Waals surface area contributed by atoms with Crippen LogP contribution in [0.5, 0.6) is 0 Å². The molecular weight excluding hydrogens is 151 g/mol. The van der Waals surface area contributed by atoms with Gasteiger partial charge in [0, 0.05) is 19.5 Å². The lowest BCUT2D eigenvalue weighted by molar-refractivity contribution is 0.282. The van der Waals surface area contributed by atoms with E-state index < -0.39 is 7.60 Å². The van der Waals surface area contributed by atoms with Crippen molar-refractivity contribution < 1.29 is 13.6 Å². The van der Waals surface area contributed by atoms with Crippen LogP contribution in [0.25, 0.3) is 0 Å². The van der Waals surface area contributed by atoms with Crippen LogP contribution < -0.4 is 0 Å². The van der Waals surface area contributed by atoms with Gasteiger partial charge < -0.3 is 9.05 Å². The van der Waals surface area contributed by atoms with Crippen molar-refractivity contribution in [3.05, 3.63) is 11.9 Å². The predicted octanol–water partition coefficient (Wildman–Crippen LogP) is 2.40. The van der Waals surface area contributed by atoms with E-state index in [0.717, 1.165) is 0 Å². The highest BCUT2D eigenvalue weighted by molar-refractivity contribution is 7.58. The van der Waals surface area contributed by atoms with Gasteiger partial charge in [-0.15, -0.1) is 0 Å². The summed E-state index contributed by atoms with van der Waals surface area (Å²) in [5, 5.41) is 0.512. The number of hydrogen-bond acceptors (Lipinski definition) is 3. The van der Waals surface area contributed by atoms with Crippen LogP contribution in [0.1, 0.15) is 13.3 Å². The predicted molar refractivity (Wildman–Crippen MR) is 41.1 cm³/mol. The molecule has 0 aromatic rings. The smallest absolute Gasteiger partial charge is 0.309 e. The molecule has 0 aliphatic heterocycles. The summed E-state index contributed by atoms with van der Waals surface area (Å²) in [7, 11) is -0.262. The largest absolute Gasteiger partial charge is 0.356 e. The number of rotatable bonds is 4. The summed E-state index contributed by atoms with van der Waals surface area (Å²) in [6.07, 6.45) is 0.610. The Labute approximate surface area is 61.6 Å². The Kier molecular flexibility index (Phi) is 3.87. The highest BCUT2D eigenvalue weighted by Crippen LogP contribution is 2.54. The van der Waals surface area contributed by atoms with Crippen LogP contribution in [0.3, 0.4) is 0 Å². The third-order valence-corrected chi connectivity index (χ3v) is 3.33. The first-order valence-corrected chi connectivity index (χ1v) is 4.54. The van der Waals surface area contributed by atoms with Gasteiger partial charge in [0.15, 0.2) is 0 Å². The van der Waals surface area contributed by atoms with Crippen molar-refractivity contribution in [3.8, 4) is 0 Å². The average molecular weight is 164 g/mol. The zero-order chi connectivity index (χ0) is 8.20. The minimum Gasteiger partial charge on any atom is -0.309 e. The molecule has 0 heterocycles. The highest BCUT2D eigenvalue weighted by atomic mass is 31.2. The fourth-order valence-electron chi connectivity index (χ4n) is 0.526. The van der Waals surface area contributed by atoms with E-state index in [2.05, 4.69) is 15.6 Å². The van der Waals surface area contributed by atoms with Crippen LogP contribution >= 0.6 is 7.60 Å². The molecule has 0 radical (unpaired) electrons. The molecule has 0 N–H and O–H groups in total. The minimum absolute atomic E-state index is 0.512. The molecule has 0 aromatic heterocycles. The molecule has 0 saturated carbocycles. The fourth-order valence-corrected chi connectivity index (χ4v) is 1.58. The summed E-state index contributed by atoms with van der Waals surface area (Å²) in [5.74, 6) is 0. The van der Waals surface area contributed by atoms with Crippen molar-refractivity contribution in [2.75, 3.05) is 14.2 Å². The van der Waals surface area contributed by atoms with Crippen molar-refractivity contribution >= 4 is 7.60 Å². The van der Waals surface area contributed by atoms with Crippen molar-refractivity contribution in [2.24, 2.45) is 0 Å². The molecule has 0 aliphatic carbocycles. The van der Waals surface area contributed by atoms with E-state index >= 15 is 0 Å². The van der Waals surface area contributed by atoms with Gasteiger partial charge in [0.1, 0.15) is 0 Å². The summed E-state index contributed by atoms with van der Waals surface area (Å²) >= 11 is 0. The summed E-state index contributed by atoms with van der Waals surface area (Å²) in [6.45, 7) is 5.43. The molecule has 0 aliphatic rings. The summed E-state index contributed by atoms with van der Waals surface area (Å²) < 4.78 is 20.7. The van der Waals surface area contributed by atoms with Crippen molar-refractivity contribution in [3.63, 3.8) is 0 Å². The van der Waals surface area contributed by atoms with Crippen LogP contribution in [-0.4, -0.2) is 14.2 Å². The Hall–Kier alpha value is -0.110.